The molecule has 0 N–H and O–H groups in total. The molecular formula is C17H24N2OS. The van der Waals surface area contributed by atoms with Gasteiger partial charge in [-0.25, -0.2) is 0 Å². The molecule has 0 spiro atoms. The molecule has 0 radical (unpaired) electrons. The van der Waals surface area contributed by atoms with E-state index in [9.17, 15) is 4.79 Å². The SMILES string of the molecule is CCN(CC)c1ccc(C2SCCN2C(=O)C2CC2)cc1. The van der Waals surface area contributed by atoms with Crippen LogP contribution < -0.4 is 4.90 Å². The van der Waals surface area contributed by atoms with Crippen molar-refractivity contribution in [2.24, 2.45) is 5.92 Å². The van der Waals surface area contributed by atoms with Crippen LogP contribution in [0.25, 0.3) is 0 Å². The zero-order valence-electron chi connectivity index (χ0n) is 12.9. The van der Waals surface area contributed by atoms with Gasteiger partial charge in [-0.1, -0.05) is 12.1 Å². The van der Waals surface area contributed by atoms with Crippen molar-refractivity contribution in [1.29, 1.82) is 0 Å². The molecular weight excluding hydrogens is 280 g/mol. The first kappa shape index (κ1) is 14.8. The summed E-state index contributed by atoms with van der Waals surface area (Å²) in [5.74, 6) is 1.75. The van der Waals surface area contributed by atoms with E-state index >= 15 is 0 Å². The summed E-state index contributed by atoms with van der Waals surface area (Å²) in [5.41, 5.74) is 2.54. The molecule has 1 aliphatic carbocycles. The summed E-state index contributed by atoms with van der Waals surface area (Å²) in [5, 5.41) is 0.226. The van der Waals surface area contributed by atoms with Gasteiger partial charge in [0.15, 0.2) is 0 Å². The van der Waals surface area contributed by atoms with Crippen molar-refractivity contribution < 1.29 is 4.79 Å². The minimum absolute atomic E-state index is 0.226. The van der Waals surface area contributed by atoms with Crippen LogP contribution in [-0.4, -0.2) is 36.2 Å². The van der Waals surface area contributed by atoms with Crippen LogP contribution in [0.1, 0.15) is 37.6 Å². The maximum atomic E-state index is 12.4. The first-order chi connectivity index (χ1) is 10.2. The van der Waals surface area contributed by atoms with Gasteiger partial charge in [-0.3, -0.25) is 4.79 Å². The molecule has 1 atom stereocenters. The number of hydrogen-bond donors (Lipinski definition) is 0. The lowest BCUT2D eigenvalue weighted by molar-refractivity contribution is -0.132. The van der Waals surface area contributed by atoms with Crippen LogP contribution in [-0.2, 0) is 4.79 Å². The molecule has 3 nitrogen and oxygen atoms in total. The molecule has 114 valence electrons. The van der Waals surface area contributed by atoms with Gasteiger partial charge in [0.25, 0.3) is 0 Å². The fourth-order valence-corrected chi connectivity index (χ4v) is 4.24. The second-order valence-corrected chi connectivity index (χ2v) is 6.98. The predicted molar refractivity (Wildman–Crippen MR) is 89.6 cm³/mol. The maximum Gasteiger partial charge on any atom is 0.226 e. The molecule has 4 heteroatoms. The standard InChI is InChI=1S/C17H24N2OS/c1-3-18(4-2)15-9-7-14(8-10-15)17-19(11-12-21-17)16(20)13-5-6-13/h7-10,13,17H,3-6,11-12H2,1-2H3. The number of anilines is 1. The number of benzene rings is 1. The van der Waals surface area contributed by atoms with E-state index in [1.54, 1.807) is 0 Å². The highest BCUT2D eigenvalue weighted by Gasteiger charge is 2.39. The Morgan fingerprint density at radius 1 is 1.24 bits per heavy atom. The zero-order chi connectivity index (χ0) is 14.8. The summed E-state index contributed by atoms with van der Waals surface area (Å²) in [6.07, 6.45) is 2.18. The minimum Gasteiger partial charge on any atom is -0.372 e. The van der Waals surface area contributed by atoms with Gasteiger partial charge in [-0.05, 0) is 44.4 Å². The third-order valence-corrected chi connectivity index (χ3v) is 5.67. The zero-order valence-corrected chi connectivity index (χ0v) is 13.7. The molecule has 1 saturated carbocycles. The molecule has 1 aromatic carbocycles. The number of amides is 1. The third kappa shape index (κ3) is 3.05. The summed E-state index contributed by atoms with van der Waals surface area (Å²) in [7, 11) is 0. The topological polar surface area (TPSA) is 23.6 Å². The van der Waals surface area contributed by atoms with Crippen molar-refractivity contribution >= 4 is 23.4 Å². The Morgan fingerprint density at radius 3 is 2.48 bits per heavy atom. The molecule has 0 aromatic heterocycles. The second kappa shape index (κ2) is 6.30. The molecule has 1 unspecified atom stereocenters. The Hall–Kier alpha value is -1.16. The average Bonchev–Trinajstić information content (AvgIpc) is 3.25. The normalized spacial score (nSPS) is 21.6. The van der Waals surface area contributed by atoms with Crippen molar-refractivity contribution in [1.82, 2.24) is 4.90 Å². The minimum atomic E-state index is 0.226. The van der Waals surface area contributed by atoms with E-state index in [1.165, 1.54) is 11.3 Å². The highest BCUT2D eigenvalue weighted by Crippen LogP contribution is 2.42. The Morgan fingerprint density at radius 2 is 1.90 bits per heavy atom. The lowest BCUT2D eigenvalue weighted by Gasteiger charge is -2.25. The van der Waals surface area contributed by atoms with Crippen molar-refractivity contribution in [2.45, 2.75) is 32.1 Å². The van der Waals surface area contributed by atoms with Crippen molar-refractivity contribution in [2.75, 3.05) is 30.3 Å². The molecule has 1 heterocycles. The summed E-state index contributed by atoms with van der Waals surface area (Å²) in [6.45, 7) is 7.32. The fourth-order valence-electron chi connectivity index (χ4n) is 2.98. The van der Waals surface area contributed by atoms with Crippen LogP contribution in [0.3, 0.4) is 0 Å². The quantitative estimate of drug-likeness (QED) is 0.831. The van der Waals surface area contributed by atoms with E-state index in [4.69, 9.17) is 0 Å². The summed E-state index contributed by atoms with van der Waals surface area (Å²) in [4.78, 5) is 16.8. The van der Waals surface area contributed by atoms with E-state index in [2.05, 4.69) is 47.9 Å². The van der Waals surface area contributed by atoms with E-state index in [1.807, 2.05) is 11.8 Å². The molecule has 2 aliphatic rings. The molecule has 1 aliphatic heterocycles. The van der Waals surface area contributed by atoms with E-state index in [0.717, 1.165) is 38.2 Å². The van der Waals surface area contributed by atoms with Gasteiger partial charge in [0.2, 0.25) is 5.91 Å². The highest BCUT2D eigenvalue weighted by atomic mass is 32.2. The molecule has 21 heavy (non-hydrogen) atoms. The van der Waals surface area contributed by atoms with Gasteiger partial charge in [0, 0.05) is 37.0 Å². The molecule has 1 amide bonds. The largest absolute Gasteiger partial charge is 0.372 e. The van der Waals surface area contributed by atoms with Gasteiger partial charge in [-0.2, -0.15) is 0 Å². The Balaban J connectivity index is 1.74. The number of carbonyl (C=O) groups excluding carboxylic acids is 1. The van der Waals surface area contributed by atoms with Gasteiger partial charge in [0.05, 0.1) is 0 Å². The van der Waals surface area contributed by atoms with Crippen LogP contribution in [0.4, 0.5) is 5.69 Å². The van der Waals surface area contributed by atoms with Crippen LogP contribution in [0.5, 0.6) is 0 Å². The first-order valence-corrected chi connectivity index (χ1v) is 9.06. The fraction of sp³-hybridized carbons (Fsp3) is 0.588. The molecule has 3 rings (SSSR count). The van der Waals surface area contributed by atoms with Crippen molar-refractivity contribution in [3.8, 4) is 0 Å². The highest BCUT2D eigenvalue weighted by molar-refractivity contribution is 7.99. The van der Waals surface area contributed by atoms with Gasteiger partial charge in [-0.15, -0.1) is 11.8 Å². The van der Waals surface area contributed by atoms with E-state index in [-0.39, 0.29) is 5.37 Å². The van der Waals surface area contributed by atoms with Crippen LogP contribution in [0.2, 0.25) is 0 Å². The third-order valence-electron chi connectivity index (χ3n) is 4.41. The monoisotopic (exact) mass is 304 g/mol. The van der Waals surface area contributed by atoms with Crippen LogP contribution in [0.15, 0.2) is 24.3 Å². The molecule has 1 aromatic rings. The lowest BCUT2D eigenvalue weighted by atomic mass is 10.1. The summed E-state index contributed by atoms with van der Waals surface area (Å²) >= 11 is 1.89. The second-order valence-electron chi connectivity index (χ2n) is 5.79. The van der Waals surface area contributed by atoms with Crippen molar-refractivity contribution in [3.63, 3.8) is 0 Å². The number of nitrogens with zero attached hydrogens (tertiary/aromatic N) is 2. The summed E-state index contributed by atoms with van der Waals surface area (Å²) < 4.78 is 0. The number of rotatable bonds is 5. The van der Waals surface area contributed by atoms with Crippen molar-refractivity contribution in [3.05, 3.63) is 29.8 Å². The number of carbonyl (C=O) groups is 1. The summed E-state index contributed by atoms with van der Waals surface area (Å²) in [6, 6.07) is 8.79. The molecule has 2 fully saturated rings. The molecule has 1 saturated heterocycles. The van der Waals surface area contributed by atoms with Gasteiger partial charge in [0.1, 0.15) is 5.37 Å². The van der Waals surface area contributed by atoms with E-state index < -0.39 is 0 Å². The number of thioether (sulfide) groups is 1. The molecule has 0 bridgehead atoms. The van der Waals surface area contributed by atoms with Crippen LogP contribution >= 0.6 is 11.8 Å². The Kier molecular flexibility index (Phi) is 4.43. The Bertz CT molecular complexity index is 494. The van der Waals surface area contributed by atoms with E-state index in [0.29, 0.717) is 11.8 Å². The predicted octanol–water partition coefficient (Wildman–Crippen LogP) is 3.52. The lowest BCUT2D eigenvalue weighted by Crippen LogP contribution is -2.31. The Labute approximate surface area is 131 Å². The van der Waals surface area contributed by atoms with Crippen LogP contribution in [0, 0.1) is 5.92 Å². The van der Waals surface area contributed by atoms with Gasteiger partial charge < -0.3 is 9.80 Å². The number of hydrogen-bond acceptors (Lipinski definition) is 3. The smallest absolute Gasteiger partial charge is 0.226 e. The average molecular weight is 304 g/mol. The first-order valence-electron chi connectivity index (χ1n) is 8.01. The van der Waals surface area contributed by atoms with Gasteiger partial charge >= 0.3 is 0 Å². The maximum absolute atomic E-state index is 12.4.